The predicted molar refractivity (Wildman–Crippen MR) is 155 cm³/mol. The highest BCUT2D eigenvalue weighted by Crippen LogP contribution is 2.43. The quantitative estimate of drug-likeness (QED) is 0.290. The average Bonchev–Trinajstić information content (AvgIpc) is 2.91. The van der Waals surface area contributed by atoms with Crippen LogP contribution in [0.2, 0.25) is 0 Å². The van der Waals surface area contributed by atoms with Crippen molar-refractivity contribution in [2.75, 3.05) is 26.6 Å². The molecule has 1 heterocycles. The number of methoxy groups -OCH3 is 3. The van der Waals surface area contributed by atoms with Gasteiger partial charge in [0.1, 0.15) is 17.0 Å². The molecule has 11 heteroatoms. The van der Waals surface area contributed by atoms with E-state index in [0.29, 0.717) is 39.4 Å². The third kappa shape index (κ3) is 5.74. The topological polar surface area (TPSA) is 151 Å². The van der Waals surface area contributed by atoms with Gasteiger partial charge in [0.2, 0.25) is 5.75 Å². The van der Waals surface area contributed by atoms with Gasteiger partial charge in [-0.15, -0.1) is 0 Å². The monoisotopic (exact) mass is 561 g/mol. The number of phenolic OH excluding ortho intramolecular Hbond substituents is 1. The molecule has 0 unspecified atom stereocenters. The van der Waals surface area contributed by atoms with Gasteiger partial charge in [0.25, 0.3) is 11.5 Å². The van der Waals surface area contributed by atoms with Crippen LogP contribution in [0.3, 0.4) is 0 Å². The molecule has 0 bridgehead atoms. The number of amides is 2. The molecule has 0 radical (unpaired) electrons. The molecule has 0 aliphatic rings. The second kappa shape index (κ2) is 11.1. The second-order valence-corrected chi connectivity index (χ2v) is 10.0. The van der Waals surface area contributed by atoms with Crippen molar-refractivity contribution in [3.8, 4) is 39.8 Å². The molecule has 11 nitrogen and oxygen atoms in total. The molecule has 0 aliphatic heterocycles. The van der Waals surface area contributed by atoms with E-state index in [4.69, 9.17) is 24.7 Å². The molecule has 0 saturated heterocycles. The van der Waals surface area contributed by atoms with E-state index in [2.05, 4.69) is 5.32 Å². The van der Waals surface area contributed by atoms with E-state index < -0.39 is 23.2 Å². The molecule has 0 aliphatic carbocycles. The highest BCUT2D eigenvalue weighted by Gasteiger charge is 2.25. The van der Waals surface area contributed by atoms with Crippen molar-refractivity contribution in [1.82, 2.24) is 4.57 Å². The minimum absolute atomic E-state index is 0.115. The van der Waals surface area contributed by atoms with Gasteiger partial charge in [-0.1, -0.05) is 0 Å². The van der Waals surface area contributed by atoms with Crippen molar-refractivity contribution in [2.24, 2.45) is 5.73 Å². The van der Waals surface area contributed by atoms with E-state index in [1.165, 1.54) is 44.1 Å². The highest BCUT2D eigenvalue weighted by atomic mass is 16.6. The Bertz CT molecular complexity index is 1680. The zero-order valence-corrected chi connectivity index (χ0v) is 23.5. The maximum atomic E-state index is 13.8. The number of hydrogen-bond acceptors (Lipinski definition) is 8. The summed E-state index contributed by atoms with van der Waals surface area (Å²) < 4.78 is 22.9. The minimum atomic E-state index is -0.878. The SMILES string of the molecule is COc1cc(-c2c(C(N)=O)n(-c3ccc(NC(=O)OC(C)(C)C)cc3)c(=O)c3cc(O)ccc23)cc(OC)c1OC. The van der Waals surface area contributed by atoms with E-state index in [1.807, 2.05) is 0 Å². The first-order chi connectivity index (χ1) is 19.4. The fraction of sp³-hybridized carbons (Fsp3) is 0.233. The molecule has 4 rings (SSSR count). The van der Waals surface area contributed by atoms with Crippen LogP contribution in [0.25, 0.3) is 27.6 Å². The Labute approximate surface area is 236 Å². The standard InChI is InChI=1S/C30H31N3O8/c1-30(2,3)41-29(37)32-17-7-9-18(10-8-17)33-25(27(31)35)24(20-12-11-19(34)15-21(20)28(33)36)16-13-22(38-4)26(40-6)23(14-16)39-5/h7-15,34H,1-6H3,(H2,31,35)(H,32,37). The Morgan fingerprint density at radius 1 is 0.878 bits per heavy atom. The van der Waals surface area contributed by atoms with Gasteiger partial charge in [-0.05, 0) is 86.3 Å². The molecule has 2 amide bonds. The van der Waals surface area contributed by atoms with Crippen molar-refractivity contribution in [3.63, 3.8) is 0 Å². The maximum absolute atomic E-state index is 13.8. The average molecular weight is 562 g/mol. The molecule has 0 atom stereocenters. The Morgan fingerprint density at radius 2 is 1.49 bits per heavy atom. The number of nitrogens with zero attached hydrogens (tertiary/aromatic N) is 1. The summed E-state index contributed by atoms with van der Waals surface area (Å²) in [4.78, 5) is 39.1. The lowest BCUT2D eigenvalue weighted by atomic mass is 9.95. The number of phenols is 1. The summed E-state index contributed by atoms with van der Waals surface area (Å²) in [6.45, 7) is 5.24. The summed E-state index contributed by atoms with van der Waals surface area (Å²) in [6.07, 6.45) is -0.647. The van der Waals surface area contributed by atoms with Crippen LogP contribution in [-0.4, -0.2) is 48.6 Å². The van der Waals surface area contributed by atoms with E-state index in [0.717, 1.165) is 0 Å². The van der Waals surface area contributed by atoms with Crippen LogP contribution >= 0.6 is 0 Å². The number of nitrogens with two attached hydrogens (primary N) is 1. The number of rotatable bonds is 7. The van der Waals surface area contributed by atoms with Crippen molar-refractivity contribution in [1.29, 1.82) is 0 Å². The van der Waals surface area contributed by atoms with Crippen molar-refractivity contribution >= 4 is 28.5 Å². The highest BCUT2D eigenvalue weighted by molar-refractivity contribution is 6.09. The predicted octanol–water partition coefficient (Wildman–Crippen LogP) is 4.84. The summed E-state index contributed by atoms with van der Waals surface area (Å²) in [7, 11) is 4.38. The number of carbonyl (C=O) groups is 2. The molecule has 41 heavy (non-hydrogen) atoms. The van der Waals surface area contributed by atoms with Gasteiger partial charge in [-0.2, -0.15) is 0 Å². The minimum Gasteiger partial charge on any atom is -0.508 e. The first-order valence-electron chi connectivity index (χ1n) is 12.5. The summed E-state index contributed by atoms with van der Waals surface area (Å²) in [5, 5.41) is 13.4. The van der Waals surface area contributed by atoms with Crippen LogP contribution in [0.15, 0.2) is 59.4 Å². The number of fused-ring (bicyclic) bond motifs is 1. The normalized spacial score (nSPS) is 11.2. The number of pyridine rings is 1. The lowest BCUT2D eigenvalue weighted by Gasteiger charge is -2.21. The first-order valence-corrected chi connectivity index (χ1v) is 12.5. The Hall–Kier alpha value is -5.19. The smallest absolute Gasteiger partial charge is 0.412 e. The first kappa shape index (κ1) is 28.8. The number of aromatic hydroxyl groups is 1. The number of anilines is 1. The molecule has 4 N–H and O–H groups in total. The van der Waals surface area contributed by atoms with Crippen molar-refractivity contribution in [3.05, 3.63) is 70.6 Å². The van der Waals surface area contributed by atoms with Crippen LogP contribution in [0, 0.1) is 0 Å². The van der Waals surface area contributed by atoms with Crippen molar-refractivity contribution < 1.29 is 33.6 Å². The van der Waals surface area contributed by atoms with Crippen molar-refractivity contribution in [2.45, 2.75) is 26.4 Å². The van der Waals surface area contributed by atoms with Crippen LogP contribution < -0.4 is 30.8 Å². The Balaban J connectivity index is 2.00. The van der Waals surface area contributed by atoms with Crippen LogP contribution in [0.1, 0.15) is 31.3 Å². The molecule has 3 aromatic carbocycles. The van der Waals surface area contributed by atoms with Crippen LogP contribution in [0.4, 0.5) is 10.5 Å². The number of ether oxygens (including phenoxy) is 4. The van der Waals surface area contributed by atoms with Gasteiger partial charge in [0, 0.05) is 16.9 Å². The summed E-state index contributed by atoms with van der Waals surface area (Å²) in [5.74, 6) is -0.0423. The van der Waals surface area contributed by atoms with Crippen LogP contribution in [0.5, 0.6) is 23.0 Å². The summed E-state index contributed by atoms with van der Waals surface area (Å²) in [5.41, 5.74) is 5.98. The number of primary amides is 1. The molecule has 0 fully saturated rings. The largest absolute Gasteiger partial charge is 0.508 e. The second-order valence-electron chi connectivity index (χ2n) is 10.0. The molecular weight excluding hydrogens is 530 g/mol. The summed E-state index contributed by atoms with van der Waals surface area (Å²) >= 11 is 0. The van der Waals surface area contributed by atoms with Gasteiger partial charge in [0.15, 0.2) is 11.5 Å². The third-order valence-electron chi connectivity index (χ3n) is 6.12. The Morgan fingerprint density at radius 3 is 2.00 bits per heavy atom. The van der Waals surface area contributed by atoms with Gasteiger partial charge >= 0.3 is 6.09 Å². The molecule has 4 aromatic rings. The van der Waals surface area contributed by atoms with E-state index in [9.17, 15) is 19.5 Å². The van der Waals surface area contributed by atoms with Gasteiger partial charge in [-0.25, -0.2) is 4.79 Å². The van der Waals surface area contributed by atoms with Gasteiger partial charge < -0.3 is 29.8 Å². The fourth-order valence-electron chi connectivity index (χ4n) is 4.50. The van der Waals surface area contributed by atoms with Gasteiger partial charge in [0.05, 0.1) is 26.7 Å². The summed E-state index contributed by atoms with van der Waals surface area (Å²) in [6, 6.07) is 13.8. The lowest BCUT2D eigenvalue weighted by molar-refractivity contribution is 0.0635. The third-order valence-corrected chi connectivity index (χ3v) is 6.12. The zero-order chi connectivity index (χ0) is 30.1. The molecule has 0 spiro atoms. The molecule has 1 aromatic heterocycles. The molecule has 0 saturated carbocycles. The number of nitrogens with one attached hydrogen (secondary N) is 1. The Kier molecular flexibility index (Phi) is 7.82. The van der Waals surface area contributed by atoms with E-state index in [1.54, 1.807) is 57.2 Å². The number of aromatic nitrogens is 1. The number of carbonyl (C=O) groups excluding carboxylic acids is 2. The molecular formula is C30H31N3O8. The van der Waals surface area contributed by atoms with Gasteiger partial charge in [-0.3, -0.25) is 19.5 Å². The van der Waals surface area contributed by atoms with E-state index >= 15 is 0 Å². The number of hydrogen-bond donors (Lipinski definition) is 3. The van der Waals surface area contributed by atoms with Crippen LogP contribution in [-0.2, 0) is 4.74 Å². The lowest BCUT2D eigenvalue weighted by Crippen LogP contribution is -2.29. The number of benzene rings is 3. The fourth-order valence-corrected chi connectivity index (χ4v) is 4.50. The van der Waals surface area contributed by atoms with E-state index in [-0.39, 0.29) is 22.5 Å². The zero-order valence-electron chi connectivity index (χ0n) is 23.5. The maximum Gasteiger partial charge on any atom is 0.412 e. The molecule has 214 valence electrons.